The molecule has 2 aromatic heterocycles. The van der Waals surface area contributed by atoms with E-state index in [1.807, 2.05) is 29.0 Å². The number of carbonyl (C=O) groups excluding carboxylic acids is 2. The smallest absolute Gasteiger partial charge is 0.150 e. The number of allylic oxidation sites excluding steroid dienone is 1. The summed E-state index contributed by atoms with van der Waals surface area (Å²) in [5.74, 6) is -0.0488. The van der Waals surface area contributed by atoms with Gasteiger partial charge >= 0.3 is 0 Å². The molecule has 2 heterocycles. The molecule has 0 N–H and O–H groups in total. The summed E-state index contributed by atoms with van der Waals surface area (Å²) in [5.41, 5.74) is 0.544. The average molecular weight is 296 g/mol. The quantitative estimate of drug-likeness (QED) is 0.642. The maximum Gasteiger partial charge on any atom is 0.150 e. The summed E-state index contributed by atoms with van der Waals surface area (Å²) in [7, 11) is 0. The molecule has 4 nitrogen and oxygen atoms in total. The van der Waals surface area contributed by atoms with Gasteiger partial charge in [0.15, 0.2) is 5.78 Å². The molecule has 22 heavy (non-hydrogen) atoms. The largest absolute Gasteiger partial charge is 0.328 e. The molecule has 1 fully saturated rings. The fraction of sp³-hybridized carbons (Fsp3) is 0.389. The lowest BCUT2D eigenvalue weighted by Crippen LogP contribution is -2.42. The van der Waals surface area contributed by atoms with Gasteiger partial charge in [0.2, 0.25) is 0 Å². The van der Waals surface area contributed by atoms with E-state index in [2.05, 4.69) is 11.6 Å². The van der Waals surface area contributed by atoms with Gasteiger partial charge < -0.3 is 4.57 Å². The van der Waals surface area contributed by atoms with Crippen molar-refractivity contribution in [2.24, 2.45) is 5.41 Å². The standard InChI is InChI=1S/C18H20N2O2/c1-13(18(14(2)21)9-4-3-7-16(18)22)12-20-11-8-15-6-5-10-19-17(15)20/h5-6,8,10-11H,1,3-4,7,9,12H2,2H3. The van der Waals surface area contributed by atoms with Gasteiger partial charge in [0, 0.05) is 30.7 Å². The fourth-order valence-corrected chi connectivity index (χ4v) is 3.51. The molecule has 114 valence electrons. The zero-order valence-corrected chi connectivity index (χ0v) is 12.8. The maximum atomic E-state index is 12.5. The van der Waals surface area contributed by atoms with Gasteiger partial charge in [-0.1, -0.05) is 13.0 Å². The lowest BCUT2D eigenvalue weighted by Gasteiger charge is -2.35. The molecule has 1 saturated carbocycles. The van der Waals surface area contributed by atoms with Crippen molar-refractivity contribution in [2.75, 3.05) is 0 Å². The van der Waals surface area contributed by atoms with Crippen LogP contribution in [0.1, 0.15) is 32.6 Å². The minimum absolute atomic E-state index is 0.0284. The van der Waals surface area contributed by atoms with Crippen molar-refractivity contribution in [1.29, 1.82) is 0 Å². The van der Waals surface area contributed by atoms with E-state index in [1.54, 1.807) is 6.20 Å². The first-order chi connectivity index (χ1) is 10.6. The summed E-state index contributed by atoms with van der Waals surface area (Å²) in [4.78, 5) is 29.1. The fourth-order valence-electron chi connectivity index (χ4n) is 3.51. The van der Waals surface area contributed by atoms with Crippen LogP contribution in [-0.2, 0) is 16.1 Å². The Morgan fingerprint density at radius 2 is 2.23 bits per heavy atom. The Bertz CT molecular complexity index is 759. The molecule has 0 saturated heterocycles. The molecule has 1 atom stereocenters. The summed E-state index contributed by atoms with van der Waals surface area (Å²) in [6, 6.07) is 5.87. The first-order valence-electron chi connectivity index (χ1n) is 7.68. The van der Waals surface area contributed by atoms with Crippen molar-refractivity contribution in [3.05, 3.63) is 42.7 Å². The zero-order chi connectivity index (χ0) is 15.7. The van der Waals surface area contributed by atoms with E-state index in [9.17, 15) is 9.59 Å². The van der Waals surface area contributed by atoms with E-state index in [0.29, 0.717) is 25.0 Å². The summed E-state index contributed by atoms with van der Waals surface area (Å²) in [5, 5.41) is 1.04. The molecule has 1 aliphatic rings. The lowest BCUT2D eigenvalue weighted by atomic mass is 9.66. The van der Waals surface area contributed by atoms with Crippen LogP contribution in [0, 0.1) is 5.41 Å². The number of carbonyl (C=O) groups is 2. The first kappa shape index (κ1) is 14.7. The van der Waals surface area contributed by atoms with E-state index < -0.39 is 5.41 Å². The Kier molecular flexibility index (Phi) is 3.69. The molecular formula is C18H20N2O2. The van der Waals surface area contributed by atoms with Gasteiger partial charge in [0.1, 0.15) is 16.8 Å². The molecule has 0 aromatic carbocycles. The monoisotopic (exact) mass is 296 g/mol. The van der Waals surface area contributed by atoms with Crippen molar-refractivity contribution >= 4 is 22.6 Å². The van der Waals surface area contributed by atoms with Gasteiger partial charge in [0.05, 0.1) is 0 Å². The van der Waals surface area contributed by atoms with Crippen LogP contribution in [0.25, 0.3) is 11.0 Å². The second-order valence-electron chi connectivity index (χ2n) is 6.06. The van der Waals surface area contributed by atoms with E-state index in [0.717, 1.165) is 23.9 Å². The number of fused-ring (bicyclic) bond motifs is 1. The van der Waals surface area contributed by atoms with E-state index >= 15 is 0 Å². The predicted molar refractivity (Wildman–Crippen MR) is 85.5 cm³/mol. The highest BCUT2D eigenvalue weighted by atomic mass is 16.2. The topological polar surface area (TPSA) is 52.0 Å². The highest BCUT2D eigenvalue weighted by Crippen LogP contribution is 2.41. The van der Waals surface area contributed by atoms with E-state index in [1.165, 1.54) is 6.92 Å². The molecular weight excluding hydrogens is 276 g/mol. The van der Waals surface area contributed by atoms with Gasteiger partial charge in [-0.25, -0.2) is 4.98 Å². The normalized spacial score (nSPS) is 22.0. The summed E-state index contributed by atoms with van der Waals surface area (Å²) >= 11 is 0. The molecule has 1 aliphatic carbocycles. The number of hydrogen-bond acceptors (Lipinski definition) is 3. The summed E-state index contributed by atoms with van der Waals surface area (Å²) in [6.45, 7) is 6.08. The Morgan fingerprint density at radius 3 is 2.95 bits per heavy atom. The number of pyridine rings is 1. The predicted octanol–water partition coefficient (Wildman–Crippen LogP) is 3.31. The molecule has 1 unspecified atom stereocenters. The highest BCUT2D eigenvalue weighted by molar-refractivity contribution is 6.09. The molecule has 0 spiro atoms. The number of Topliss-reactive ketones (excluding diaryl/α,β-unsaturated/α-hetero) is 2. The molecule has 0 bridgehead atoms. The Hall–Kier alpha value is -2.23. The molecule has 0 radical (unpaired) electrons. The summed E-state index contributed by atoms with van der Waals surface area (Å²) in [6.07, 6.45) is 6.51. The van der Waals surface area contributed by atoms with Crippen molar-refractivity contribution in [1.82, 2.24) is 9.55 Å². The second-order valence-corrected chi connectivity index (χ2v) is 6.06. The van der Waals surface area contributed by atoms with E-state index in [-0.39, 0.29) is 11.6 Å². The van der Waals surface area contributed by atoms with E-state index in [4.69, 9.17) is 0 Å². The number of hydrogen-bond donors (Lipinski definition) is 0. The molecule has 0 aliphatic heterocycles. The van der Waals surface area contributed by atoms with Gasteiger partial charge in [-0.15, -0.1) is 0 Å². The molecule has 0 amide bonds. The Morgan fingerprint density at radius 1 is 1.41 bits per heavy atom. The van der Waals surface area contributed by atoms with Crippen LogP contribution in [0.4, 0.5) is 0 Å². The second kappa shape index (κ2) is 5.52. The van der Waals surface area contributed by atoms with Crippen molar-refractivity contribution in [3.63, 3.8) is 0 Å². The van der Waals surface area contributed by atoms with Crippen LogP contribution in [0.2, 0.25) is 0 Å². The number of ketones is 2. The van der Waals surface area contributed by atoms with Crippen LogP contribution < -0.4 is 0 Å². The van der Waals surface area contributed by atoms with Crippen LogP contribution in [0.5, 0.6) is 0 Å². The number of aromatic nitrogens is 2. The SMILES string of the molecule is C=C(Cn1ccc2cccnc21)C1(C(C)=O)CCCCC1=O. The lowest BCUT2D eigenvalue weighted by molar-refractivity contribution is -0.139. The third kappa shape index (κ3) is 2.19. The van der Waals surface area contributed by atoms with Gasteiger partial charge in [-0.3, -0.25) is 9.59 Å². The average Bonchev–Trinajstić information content (AvgIpc) is 2.91. The van der Waals surface area contributed by atoms with Crippen LogP contribution in [0.3, 0.4) is 0 Å². The van der Waals surface area contributed by atoms with Gasteiger partial charge in [-0.05, 0) is 43.5 Å². The number of nitrogens with zero attached hydrogens (tertiary/aromatic N) is 2. The van der Waals surface area contributed by atoms with Crippen LogP contribution >= 0.6 is 0 Å². The maximum absolute atomic E-state index is 12.5. The first-order valence-corrected chi connectivity index (χ1v) is 7.68. The van der Waals surface area contributed by atoms with Crippen molar-refractivity contribution in [2.45, 2.75) is 39.2 Å². The minimum Gasteiger partial charge on any atom is -0.328 e. The zero-order valence-electron chi connectivity index (χ0n) is 12.8. The Labute approximate surface area is 129 Å². The minimum atomic E-state index is -0.996. The third-order valence-corrected chi connectivity index (χ3v) is 4.77. The third-order valence-electron chi connectivity index (χ3n) is 4.77. The van der Waals surface area contributed by atoms with Crippen molar-refractivity contribution in [3.8, 4) is 0 Å². The Balaban J connectivity index is 1.95. The summed E-state index contributed by atoms with van der Waals surface area (Å²) < 4.78 is 1.96. The van der Waals surface area contributed by atoms with Crippen LogP contribution in [-0.4, -0.2) is 21.1 Å². The van der Waals surface area contributed by atoms with Gasteiger partial charge in [-0.2, -0.15) is 0 Å². The van der Waals surface area contributed by atoms with Gasteiger partial charge in [0.25, 0.3) is 0 Å². The van der Waals surface area contributed by atoms with Crippen LogP contribution in [0.15, 0.2) is 42.7 Å². The highest BCUT2D eigenvalue weighted by Gasteiger charge is 2.46. The number of rotatable bonds is 4. The molecule has 3 rings (SSSR count). The molecule has 4 heteroatoms. The van der Waals surface area contributed by atoms with Crippen molar-refractivity contribution < 1.29 is 9.59 Å². The molecule has 2 aromatic rings.